The fraction of sp³-hybridized carbons (Fsp3) is 0.182. The van der Waals surface area contributed by atoms with Gasteiger partial charge in [0.25, 0.3) is 0 Å². The van der Waals surface area contributed by atoms with Gasteiger partial charge < -0.3 is 9.84 Å². The van der Waals surface area contributed by atoms with Gasteiger partial charge in [-0.1, -0.05) is 6.07 Å². The highest BCUT2D eigenvalue weighted by Gasteiger charge is 2.13. The summed E-state index contributed by atoms with van der Waals surface area (Å²) in [4.78, 5) is 0. The van der Waals surface area contributed by atoms with Crippen LogP contribution in [0.15, 0.2) is 30.6 Å². The summed E-state index contributed by atoms with van der Waals surface area (Å²) in [5, 5.41) is 16.2. The number of rotatable bonds is 3. The third-order valence-corrected chi connectivity index (χ3v) is 2.33. The largest absolute Gasteiger partial charge is 0.494 e. The fourth-order valence-corrected chi connectivity index (χ4v) is 1.46. The Balaban J connectivity index is 2.31. The number of aromatic amines is 1. The zero-order valence-corrected chi connectivity index (χ0v) is 8.64. The normalized spacial score (nSPS) is 12.4. The van der Waals surface area contributed by atoms with E-state index in [0.717, 1.165) is 0 Å². The van der Waals surface area contributed by atoms with Crippen molar-refractivity contribution in [2.24, 2.45) is 0 Å². The first-order valence-electron chi connectivity index (χ1n) is 4.72. The first kappa shape index (κ1) is 10.6. The third-order valence-electron chi connectivity index (χ3n) is 2.33. The zero-order valence-electron chi connectivity index (χ0n) is 8.64. The molecule has 1 aromatic heterocycles. The molecule has 1 aromatic carbocycles. The number of nitrogens with one attached hydrogen (secondary N) is 1. The average Bonchev–Trinajstić information content (AvgIpc) is 2.81. The maximum Gasteiger partial charge on any atom is 0.165 e. The Kier molecular flexibility index (Phi) is 2.87. The van der Waals surface area contributed by atoms with Gasteiger partial charge >= 0.3 is 0 Å². The lowest BCUT2D eigenvalue weighted by atomic mass is 10.0. The number of hydrogen-bond donors (Lipinski definition) is 2. The van der Waals surface area contributed by atoms with Gasteiger partial charge in [-0.25, -0.2) is 4.39 Å². The van der Waals surface area contributed by atoms with E-state index in [0.29, 0.717) is 11.1 Å². The van der Waals surface area contributed by atoms with Crippen LogP contribution in [0.5, 0.6) is 5.75 Å². The smallest absolute Gasteiger partial charge is 0.165 e. The van der Waals surface area contributed by atoms with Crippen LogP contribution in [0.25, 0.3) is 0 Å². The van der Waals surface area contributed by atoms with Gasteiger partial charge in [-0.15, -0.1) is 0 Å². The van der Waals surface area contributed by atoms with Gasteiger partial charge in [-0.2, -0.15) is 5.10 Å². The molecular weight excluding hydrogens is 211 g/mol. The molecule has 0 aliphatic heterocycles. The summed E-state index contributed by atoms with van der Waals surface area (Å²) in [5.41, 5.74) is 1.05. The van der Waals surface area contributed by atoms with Gasteiger partial charge in [-0.05, 0) is 17.7 Å². The van der Waals surface area contributed by atoms with E-state index >= 15 is 0 Å². The Bertz CT molecular complexity index is 471. The lowest BCUT2D eigenvalue weighted by molar-refractivity contribution is 0.219. The van der Waals surface area contributed by atoms with Gasteiger partial charge in [0, 0.05) is 11.8 Å². The number of aliphatic hydroxyl groups excluding tert-OH is 1. The molecular formula is C11H11FN2O2. The van der Waals surface area contributed by atoms with Crippen molar-refractivity contribution < 1.29 is 14.2 Å². The van der Waals surface area contributed by atoms with Crippen LogP contribution in [0.2, 0.25) is 0 Å². The predicted octanol–water partition coefficient (Wildman–Crippen LogP) is 1.64. The molecule has 1 unspecified atom stereocenters. The van der Waals surface area contributed by atoms with Gasteiger partial charge in [0.1, 0.15) is 6.10 Å². The molecule has 0 saturated carbocycles. The van der Waals surface area contributed by atoms with Crippen LogP contribution in [-0.4, -0.2) is 22.4 Å². The predicted molar refractivity (Wildman–Crippen MR) is 55.6 cm³/mol. The Morgan fingerprint density at radius 2 is 2.25 bits per heavy atom. The van der Waals surface area contributed by atoms with E-state index in [4.69, 9.17) is 4.74 Å². The van der Waals surface area contributed by atoms with Crippen LogP contribution in [-0.2, 0) is 0 Å². The quantitative estimate of drug-likeness (QED) is 0.830. The van der Waals surface area contributed by atoms with Crippen LogP contribution in [0.3, 0.4) is 0 Å². The van der Waals surface area contributed by atoms with E-state index in [1.165, 1.54) is 25.4 Å². The number of H-pyrrole nitrogens is 1. The summed E-state index contributed by atoms with van der Waals surface area (Å²) in [6.07, 6.45) is 2.17. The minimum absolute atomic E-state index is 0.156. The van der Waals surface area contributed by atoms with Crippen LogP contribution < -0.4 is 4.74 Å². The van der Waals surface area contributed by atoms with Crippen LogP contribution in [0.4, 0.5) is 4.39 Å². The Labute approximate surface area is 91.7 Å². The molecule has 2 rings (SSSR count). The lowest BCUT2D eigenvalue weighted by Gasteiger charge is -2.10. The van der Waals surface area contributed by atoms with Crippen LogP contribution in [0, 0.1) is 5.82 Å². The number of aliphatic hydroxyl groups is 1. The molecule has 1 atom stereocenters. The summed E-state index contributed by atoms with van der Waals surface area (Å²) in [5.74, 6) is -0.342. The number of halogens is 1. The third kappa shape index (κ3) is 1.90. The number of aromatic nitrogens is 2. The van der Waals surface area contributed by atoms with E-state index < -0.39 is 11.9 Å². The molecule has 1 heterocycles. The van der Waals surface area contributed by atoms with Gasteiger partial charge in [0.2, 0.25) is 0 Å². The summed E-state index contributed by atoms with van der Waals surface area (Å²) in [6.45, 7) is 0. The monoisotopic (exact) mass is 222 g/mol. The molecule has 2 N–H and O–H groups in total. The topological polar surface area (TPSA) is 58.1 Å². The standard InChI is InChI=1S/C11H11FN2O2/c1-16-10-3-2-7(4-9(10)12)11(15)8-5-13-14-6-8/h2-6,11,15H,1H3,(H,13,14). The van der Waals surface area contributed by atoms with Crippen LogP contribution in [0.1, 0.15) is 17.2 Å². The number of ether oxygens (including phenoxy) is 1. The Morgan fingerprint density at radius 3 is 2.81 bits per heavy atom. The molecule has 0 radical (unpaired) electrons. The molecule has 4 nitrogen and oxygen atoms in total. The summed E-state index contributed by atoms with van der Waals surface area (Å²) < 4.78 is 18.2. The summed E-state index contributed by atoms with van der Waals surface area (Å²) in [6, 6.07) is 4.34. The molecule has 0 saturated heterocycles. The van der Waals surface area contributed by atoms with Crippen LogP contribution >= 0.6 is 0 Å². The molecule has 0 aliphatic carbocycles. The minimum atomic E-state index is -0.890. The molecule has 0 fully saturated rings. The molecule has 16 heavy (non-hydrogen) atoms. The van der Waals surface area contributed by atoms with Crippen molar-refractivity contribution in [3.63, 3.8) is 0 Å². The maximum atomic E-state index is 13.4. The van der Waals surface area contributed by atoms with E-state index in [1.54, 1.807) is 12.3 Å². The fourth-order valence-electron chi connectivity index (χ4n) is 1.46. The minimum Gasteiger partial charge on any atom is -0.494 e. The SMILES string of the molecule is COc1ccc(C(O)c2cn[nH]c2)cc1F. The Morgan fingerprint density at radius 1 is 1.44 bits per heavy atom. The second kappa shape index (κ2) is 4.32. The number of hydrogen-bond acceptors (Lipinski definition) is 3. The first-order valence-corrected chi connectivity index (χ1v) is 4.72. The van der Waals surface area contributed by atoms with E-state index in [9.17, 15) is 9.50 Å². The second-order valence-corrected chi connectivity index (χ2v) is 3.33. The average molecular weight is 222 g/mol. The molecule has 5 heteroatoms. The van der Waals surface area contributed by atoms with Gasteiger partial charge in [0.15, 0.2) is 11.6 Å². The number of nitrogens with zero attached hydrogens (tertiary/aromatic N) is 1. The van der Waals surface area contributed by atoms with Crippen molar-refractivity contribution in [2.45, 2.75) is 6.10 Å². The van der Waals surface area contributed by atoms with Crippen molar-refractivity contribution in [2.75, 3.05) is 7.11 Å². The lowest BCUT2D eigenvalue weighted by Crippen LogP contribution is -1.99. The molecule has 0 amide bonds. The Hall–Kier alpha value is -1.88. The molecule has 0 bridgehead atoms. The maximum absolute atomic E-state index is 13.4. The first-order chi connectivity index (χ1) is 7.72. The highest BCUT2D eigenvalue weighted by atomic mass is 19.1. The molecule has 2 aromatic rings. The van der Waals surface area contributed by atoms with Crippen molar-refractivity contribution >= 4 is 0 Å². The van der Waals surface area contributed by atoms with Gasteiger partial charge in [-0.3, -0.25) is 5.10 Å². The molecule has 0 spiro atoms. The van der Waals surface area contributed by atoms with Gasteiger partial charge in [0.05, 0.1) is 13.3 Å². The molecule has 84 valence electrons. The van der Waals surface area contributed by atoms with Crippen molar-refractivity contribution in [3.8, 4) is 5.75 Å². The number of benzene rings is 1. The van der Waals surface area contributed by atoms with Crippen molar-refractivity contribution in [1.82, 2.24) is 10.2 Å². The zero-order chi connectivity index (χ0) is 11.5. The van der Waals surface area contributed by atoms with E-state index in [2.05, 4.69) is 10.2 Å². The summed E-state index contributed by atoms with van der Waals surface area (Å²) in [7, 11) is 1.39. The highest BCUT2D eigenvalue weighted by Crippen LogP contribution is 2.25. The number of methoxy groups -OCH3 is 1. The van der Waals surface area contributed by atoms with E-state index in [-0.39, 0.29) is 5.75 Å². The van der Waals surface area contributed by atoms with Crippen molar-refractivity contribution in [1.29, 1.82) is 0 Å². The second-order valence-electron chi connectivity index (χ2n) is 3.33. The highest BCUT2D eigenvalue weighted by molar-refractivity contribution is 5.33. The molecule has 0 aliphatic rings. The van der Waals surface area contributed by atoms with Crippen molar-refractivity contribution in [3.05, 3.63) is 47.5 Å². The summed E-state index contributed by atoms with van der Waals surface area (Å²) >= 11 is 0. The van der Waals surface area contributed by atoms with E-state index in [1.807, 2.05) is 0 Å².